The largest absolute Gasteiger partial charge is 0.397 e. The maximum atomic E-state index is 12.2. The smallest absolute Gasteiger partial charge is 0.227 e. The van der Waals surface area contributed by atoms with E-state index in [1.54, 1.807) is 12.0 Å². The summed E-state index contributed by atoms with van der Waals surface area (Å²) in [6.45, 7) is 3.35. The van der Waals surface area contributed by atoms with Gasteiger partial charge in [0.05, 0.1) is 11.4 Å². The van der Waals surface area contributed by atoms with E-state index in [9.17, 15) is 4.79 Å². The molecule has 0 aliphatic rings. The fourth-order valence-corrected chi connectivity index (χ4v) is 1.84. The van der Waals surface area contributed by atoms with Crippen LogP contribution in [0.4, 0.5) is 11.4 Å². The Hall–Kier alpha value is -1.55. The fraction of sp³-hybridized carbons (Fsp3) is 0.500. The highest BCUT2D eigenvalue weighted by molar-refractivity contribution is 5.96. The number of nitrogens with two attached hydrogens (primary N) is 1. The van der Waals surface area contributed by atoms with Gasteiger partial charge in [0.15, 0.2) is 0 Å². The summed E-state index contributed by atoms with van der Waals surface area (Å²) in [5.74, 6) is 0.104. The van der Waals surface area contributed by atoms with Crippen LogP contribution in [0.5, 0.6) is 0 Å². The molecule has 100 valence electrons. The van der Waals surface area contributed by atoms with Gasteiger partial charge in [-0.1, -0.05) is 19.1 Å². The molecule has 0 bridgehead atoms. The second kappa shape index (κ2) is 7.71. The van der Waals surface area contributed by atoms with Crippen molar-refractivity contribution in [3.05, 3.63) is 24.3 Å². The van der Waals surface area contributed by atoms with Crippen LogP contribution < -0.4 is 10.6 Å². The number of hydrogen-bond acceptors (Lipinski definition) is 3. The van der Waals surface area contributed by atoms with Crippen LogP contribution in [0.25, 0.3) is 0 Å². The molecule has 4 nitrogen and oxygen atoms in total. The van der Waals surface area contributed by atoms with Crippen LogP contribution in [0, 0.1) is 0 Å². The van der Waals surface area contributed by atoms with Crippen molar-refractivity contribution in [2.75, 3.05) is 30.9 Å². The minimum absolute atomic E-state index is 0.104. The van der Waals surface area contributed by atoms with E-state index < -0.39 is 0 Å². The Bertz CT molecular complexity index is 380. The van der Waals surface area contributed by atoms with Crippen molar-refractivity contribution in [2.45, 2.75) is 26.2 Å². The van der Waals surface area contributed by atoms with Crippen LogP contribution in [-0.4, -0.2) is 26.2 Å². The second-order valence-electron chi connectivity index (χ2n) is 4.20. The number of amides is 1. The maximum Gasteiger partial charge on any atom is 0.227 e. The van der Waals surface area contributed by atoms with Gasteiger partial charge < -0.3 is 15.4 Å². The third-order valence-corrected chi connectivity index (χ3v) is 2.71. The van der Waals surface area contributed by atoms with Gasteiger partial charge in [0.2, 0.25) is 5.91 Å². The number of nitrogens with zero attached hydrogens (tertiary/aromatic N) is 1. The van der Waals surface area contributed by atoms with E-state index in [2.05, 4.69) is 6.92 Å². The number of para-hydroxylation sites is 2. The van der Waals surface area contributed by atoms with Crippen molar-refractivity contribution >= 4 is 17.3 Å². The number of carbonyl (C=O) groups excluding carboxylic acids is 1. The zero-order chi connectivity index (χ0) is 13.4. The molecule has 0 saturated carbocycles. The van der Waals surface area contributed by atoms with Crippen LogP contribution in [0.2, 0.25) is 0 Å². The number of ether oxygens (including phenoxy) is 1. The lowest BCUT2D eigenvalue weighted by molar-refractivity contribution is -0.118. The molecule has 0 unspecified atom stereocenters. The van der Waals surface area contributed by atoms with Crippen LogP contribution in [0.1, 0.15) is 26.2 Å². The van der Waals surface area contributed by atoms with Crippen molar-refractivity contribution in [3.8, 4) is 0 Å². The zero-order valence-corrected chi connectivity index (χ0v) is 11.2. The van der Waals surface area contributed by atoms with Crippen LogP contribution in [0.3, 0.4) is 0 Å². The lowest BCUT2D eigenvalue weighted by atomic mass is 10.2. The average molecular weight is 250 g/mol. The van der Waals surface area contributed by atoms with Crippen molar-refractivity contribution in [3.63, 3.8) is 0 Å². The highest BCUT2D eigenvalue weighted by Gasteiger charge is 2.16. The van der Waals surface area contributed by atoms with Crippen molar-refractivity contribution in [1.82, 2.24) is 0 Å². The molecule has 2 N–H and O–H groups in total. The normalized spacial score (nSPS) is 10.3. The molecule has 1 rings (SSSR count). The molecule has 4 heteroatoms. The predicted molar refractivity (Wildman–Crippen MR) is 74.6 cm³/mol. The first kappa shape index (κ1) is 14.5. The molecule has 0 spiro atoms. The molecular formula is C14H22N2O2. The molecule has 0 atom stereocenters. The van der Waals surface area contributed by atoms with Gasteiger partial charge in [0.1, 0.15) is 0 Å². The molecule has 0 aromatic heterocycles. The first-order valence-electron chi connectivity index (χ1n) is 6.34. The summed E-state index contributed by atoms with van der Waals surface area (Å²) >= 11 is 0. The van der Waals surface area contributed by atoms with Gasteiger partial charge in [-0.15, -0.1) is 0 Å². The van der Waals surface area contributed by atoms with E-state index in [4.69, 9.17) is 10.5 Å². The van der Waals surface area contributed by atoms with E-state index in [0.717, 1.165) is 18.5 Å². The summed E-state index contributed by atoms with van der Waals surface area (Å²) in [4.78, 5) is 13.9. The number of anilines is 2. The lowest BCUT2D eigenvalue weighted by Crippen LogP contribution is -2.32. The number of benzene rings is 1. The zero-order valence-electron chi connectivity index (χ0n) is 11.2. The maximum absolute atomic E-state index is 12.2. The minimum atomic E-state index is 0.104. The molecule has 1 aromatic rings. The predicted octanol–water partition coefficient (Wildman–Crippen LogP) is 2.44. The summed E-state index contributed by atoms with van der Waals surface area (Å²) < 4.78 is 4.97. The van der Waals surface area contributed by atoms with E-state index >= 15 is 0 Å². The quantitative estimate of drug-likeness (QED) is 0.597. The van der Waals surface area contributed by atoms with Gasteiger partial charge in [-0.25, -0.2) is 0 Å². The Balaban J connectivity index is 2.76. The Morgan fingerprint density at radius 2 is 2.11 bits per heavy atom. The number of nitrogen functional groups attached to an aromatic ring is 1. The van der Waals surface area contributed by atoms with Gasteiger partial charge in [-0.05, 0) is 25.0 Å². The van der Waals surface area contributed by atoms with Gasteiger partial charge in [0, 0.05) is 26.7 Å². The Kier molecular flexibility index (Phi) is 6.22. The summed E-state index contributed by atoms with van der Waals surface area (Å²) in [6.07, 6.45) is 2.13. The first-order valence-corrected chi connectivity index (χ1v) is 6.34. The second-order valence-corrected chi connectivity index (χ2v) is 4.20. The number of rotatable bonds is 7. The molecule has 0 saturated heterocycles. The average Bonchev–Trinajstić information content (AvgIpc) is 2.37. The summed E-state index contributed by atoms with van der Waals surface area (Å²) in [5, 5.41) is 0. The van der Waals surface area contributed by atoms with Gasteiger partial charge in [0.25, 0.3) is 0 Å². The molecule has 18 heavy (non-hydrogen) atoms. The Morgan fingerprint density at radius 1 is 1.39 bits per heavy atom. The molecule has 1 amide bonds. The summed E-state index contributed by atoms with van der Waals surface area (Å²) in [7, 11) is 1.64. The molecule has 0 aliphatic carbocycles. The van der Waals surface area contributed by atoms with E-state index in [1.165, 1.54) is 0 Å². The van der Waals surface area contributed by atoms with E-state index in [1.807, 2.05) is 24.3 Å². The topological polar surface area (TPSA) is 55.6 Å². The lowest BCUT2D eigenvalue weighted by Gasteiger charge is -2.23. The molecule has 0 fully saturated rings. The van der Waals surface area contributed by atoms with Crippen molar-refractivity contribution < 1.29 is 9.53 Å². The Morgan fingerprint density at radius 3 is 2.72 bits per heavy atom. The monoisotopic (exact) mass is 250 g/mol. The molecular weight excluding hydrogens is 228 g/mol. The molecule has 0 aliphatic heterocycles. The molecule has 1 aromatic carbocycles. The molecule has 0 radical (unpaired) electrons. The van der Waals surface area contributed by atoms with Gasteiger partial charge >= 0.3 is 0 Å². The van der Waals surface area contributed by atoms with Crippen LogP contribution >= 0.6 is 0 Å². The summed E-state index contributed by atoms with van der Waals surface area (Å²) in [5.41, 5.74) is 7.38. The summed E-state index contributed by atoms with van der Waals surface area (Å²) in [6, 6.07) is 7.48. The SMILES string of the molecule is CCCN(C(=O)CCCOC)c1ccccc1N. The highest BCUT2D eigenvalue weighted by Crippen LogP contribution is 2.23. The standard InChI is InChI=1S/C14H22N2O2/c1-3-10-16(14(17)9-6-11-18-2)13-8-5-4-7-12(13)15/h4-5,7-8H,3,6,9-11,15H2,1-2H3. The minimum Gasteiger partial charge on any atom is -0.397 e. The van der Waals surface area contributed by atoms with Crippen molar-refractivity contribution in [1.29, 1.82) is 0 Å². The van der Waals surface area contributed by atoms with E-state index in [-0.39, 0.29) is 5.91 Å². The van der Waals surface area contributed by atoms with Crippen molar-refractivity contribution in [2.24, 2.45) is 0 Å². The fourth-order valence-electron chi connectivity index (χ4n) is 1.84. The number of methoxy groups -OCH3 is 1. The van der Waals surface area contributed by atoms with Gasteiger partial charge in [-0.2, -0.15) is 0 Å². The number of carbonyl (C=O) groups is 1. The van der Waals surface area contributed by atoms with Crippen LogP contribution in [-0.2, 0) is 9.53 Å². The Labute approximate surface area is 109 Å². The first-order chi connectivity index (χ1) is 8.70. The highest BCUT2D eigenvalue weighted by atomic mass is 16.5. The molecule has 0 heterocycles. The third-order valence-electron chi connectivity index (χ3n) is 2.71. The third kappa shape index (κ3) is 4.04. The van der Waals surface area contributed by atoms with Gasteiger partial charge in [-0.3, -0.25) is 4.79 Å². The van der Waals surface area contributed by atoms with Crippen LogP contribution in [0.15, 0.2) is 24.3 Å². The number of hydrogen-bond donors (Lipinski definition) is 1. The van der Waals surface area contributed by atoms with E-state index in [0.29, 0.717) is 25.3 Å².